The SMILES string of the molecule is Cc1ccc(-n2c(SCC(=O)Nc3ccc(S(N)(=O)=O)cc3)nnc2-c2ccccc2Cl)cc1. The van der Waals surface area contributed by atoms with Gasteiger partial charge in [0.15, 0.2) is 11.0 Å². The zero-order chi connectivity index (χ0) is 24.3. The molecule has 34 heavy (non-hydrogen) atoms. The van der Waals surface area contributed by atoms with E-state index in [2.05, 4.69) is 15.5 Å². The first kappa shape index (κ1) is 24.0. The molecule has 0 saturated heterocycles. The van der Waals surface area contributed by atoms with Crippen molar-refractivity contribution in [2.45, 2.75) is 17.0 Å². The predicted octanol–water partition coefficient (Wildman–Crippen LogP) is 4.27. The third-order valence-corrected chi connectivity index (χ3v) is 7.03. The Morgan fingerprint density at radius 3 is 2.35 bits per heavy atom. The highest BCUT2D eigenvalue weighted by molar-refractivity contribution is 7.99. The molecule has 11 heteroatoms. The smallest absolute Gasteiger partial charge is 0.238 e. The van der Waals surface area contributed by atoms with E-state index in [-0.39, 0.29) is 16.6 Å². The molecule has 0 aliphatic rings. The Balaban J connectivity index is 1.56. The van der Waals surface area contributed by atoms with Crippen molar-refractivity contribution in [3.05, 3.63) is 83.4 Å². The summed E-state index contributed by atoms with van der Waals surface area (Å²) in [7, 11) is -3.80. The summed E-state index contributed by atoms with van der Waals surface area (Å²) in [5, 5.41) is 17.6. The van der Waals surface area contributed by atoms with Gasteiger partial charge in [-0.1, -0.05) is 53.2 Å². The minimum Gasteiger partial charge on any atom is -0.325 e. The second kappa shape index (κ2) is 9.98. The molecule has 1 aromatic heterocycles. The van der Waals surface area contributed by atoms with E-state index in [0.29, 0.717) is 21.7 Å². The normalized spacial score (nSPS) is 11.4. The van der Waals surface area contributed by atoms with Crippen molar-refractivity contribution in [2.24, 2.45) is 5.14 Å². The number of rotatable bonds is 7. The van der Waals surface area contributed by atoms with Crippen molar-refractivity contribution in [1.82, 2.24) is 14.8 Å². The van der Waals surface area contributed by atoms with Gasteiger partial charge < -0.3 is 5.32 Å². The quantitative estimate of drug-likeness (QED) is 0.356. The van der Waals surface area contributed by atoms with Gasteiger partial charge in [0, 0.05) is 16.9 Å². The van der Waals surface area contributed by atoms with E-state index in [1.165, 1.54) is 36.0 Å². The molecule has 0 unspecified atom stereocenters. The molecule has 3 N–H and O–H groups in total. The number of amides is 1. The Morgan fingerprint density at radius 1 is 1.03 bits per heavy atom. The summed E-state index contributed by atoms with van der Waals surface area (Å²) < 4.78 is 24.6. The second-order valence-corrected chi connectivity index (χ2v) is 10.3. The Hall–Kier alpha value is -3.18. The van der Waals surface area contributed by atoms with Gasteiger partial charge in [-0.2, -0.15) is 0 Å². The molecule has 0 atom stereocenters. The van der Waals surface area contributed by atoms with Crippen LogP contribution in [0.1, 0.15) is 5.56 Å². The molecule has 1 heterocycles. The molecule has 8 nitrogen and oxygen atoms in total. The number of hydrogen-bond donors (Lipinski definition) is 2. The van der Waals surface area contributed by atoms with Crippen LogP contribution in [0.3, 0.4) is 0 Å². The van der Waals surface area contributed by atoms with Crippen molar-refractivity contribution in [1.29, 1.82) is 0 Å². The van der Waals surface area contributed by atoms with Crippen molar-refractivity contribution < 1.29 is 13.2 Å². The Morgan fingerprint density at radius 2 is 1.71 bits per heavy atom. The average molecular weight is 514 g/mol. The summed E-state index contributed by atoms with van der Waals surface area (Å²) in [6.45, 7) is 2.00. The van der Waals surface area contributed by atoms with E-state index in [1.807, 2.05) is 54.0 Å². The average Bonchev–Trinajstić information content (AvgIpc) is 3.22. The zero-order valence-corrected chi connectivity index (χ0v) is 20.4. The minimum absolute atomic E-state index is 0.0295. The number of nitrogens with one attached hydrogen (secondary N) is 1. The fourth-order valence-electron chi connectivity index (χ4n) is 3.16. The number of halogens is 1. The summed E-state index contributed by atoms with van der Waals surface area (Å²) in [6.07, 6.45) is 0. The lowest BCUT2D eigenvalue weighted by Gasteiger charge is -2.12. The fraction of sp³-hybridized carbons (Fsp3) is 0.0870. The number of thioether (sulfide) groups is 1. The summed E-state index contributed by atoms with van der Waals surface area (Å²) in [5.41, 5.74) is 3.13. The molecule has 4 aromatic rings. The number of aromatic nitrogens is 3. The van der Waals surface area contributed by atoms with Crippen molar-refractivity contribution >= 4 is 45.0 Å². The topological polar surface area (TPSA) is 120 Å². The van der Waals surface area contributed by atoms with Crippen LogP contribution in [0.2, 0.25) is 5.02 Å². The van der Waals surface area contributed by atoms with Crippen LogP contribution in [0.15, 0.2) is 82.8 Å². The predicted molar refractivity (Wildman–Crippen MR) is 134 cm³/mol. The lowest BCUT2D eigenvalue weighted by molar-refractivity contribution is -0.113. The van der Waals surface area contributed by atoms with Crippen LogP contribution < -0.4 is 10.5 Å². The zero-order valence-electron chi connectivity index (χ0n) is 18.0. The van der Waals surface area contributed by atoms with Crippen LogP contribution in [0.4, 0.5) is 5.69 Å². The van der Waals surface area contributed by atoms with E-state index in [9.17, 15) is 13.2 Å². The number of nitrogens with zero attached hydrogens (tertiary/aromatic N) is 3. The molecule has 1 amide bonds. The van der Waals surface area contributed by atoms with Gasteiger partial charge in [0.05, 0.1) is 15.7 Å². The van der Waals surface area contributed by atoms with E-state index < -0.39 is 10.0 Å². The third-order valence-electron chi connectivity index (χ3n) is 4.84. The van der Waals surface area contributed by atoms with Crippen molar-refractivity contribution in [3.63, 3.8) is 0 Å². The Kier molecular flexibility index (Phi) is 7.03. The van der Waals surface area contributed by atoms with Gasteiger partial charge in [0.1, 0.15) is 0 Å². The largest absolute Gasteiger partial charge is 0.325 e. The van der Waals surface area contributed by atoms with Crippen molar-refractivity contribution in [2.75, 3.05) is 11.1 Å². The molecule has 0 aliphatic heterocycles. The molecular formula is C23H20ClN5O3S2. The number of benzene rings is 3. The van der Waals surface area contributed by atoms with Crippen LogP contribution in [0.25, 0.3) is 17.1 Å². The molecule has 4 rings (SSSR count). The first-order chi connectivity index (χ1) is 16.2. The molecule has 0 saturated carbocycles. The van der Waals surface area contributed by atoms with Gasteiger partial charge in [0.2, 0.25) is 15.9 Å². The molecule has 0 aliphatic carbocycles. The first-order valence-corrected chi connectivity index (χ1v) is 13.0. The number of carbonyl (C=O) groups is 1. The highest BCUT2D eigenvalue weighted by Gasteiger charge is 2.19. The van der Waals surface area contributed by atoms with E-state index in [0.717, 1.165) is 16.8 Å². The van der Waals surface area contributed by atoms with Crippen LogP contribution in [0, 0.1) is 6.92 Å². The number of primary sulfonamides is 1. The molecular weight excluding hydrogens is 494 g/mol. The number of aryl methyl sites for hydroxylation is 1. The molecule has 3 aromatic carbocycles. The Bertz CT molecular complexity index is 1440. The molecule has 0 radical (unpaired) electrons. The second-order valence-electron chi connectivity index (χ2n) is 7.36. The standard InChI is InChI=1S/C23H20ClN5O3S2/c1-15-6-10-17(11-7-15)29-22(19-4-2-3-5-20(19)24)27-28-23(29)33-14-21(30)26-16-8-12-18(13-9-16)34(25,31)32/h2-13H,14H2,1H3,(H,26,30)(H2,25,31,32). The van der Waals surface area contributed by atoms with Gasteiger partial charge >= 0.3 is 0 Å². The number of sulfonamides is 1. The number of hydrogen-bond acceptors (Lipinski definition) is 6. The van der Waals surface area contributed by atoms with Crippen LogP contribution >= 0.6 is 23.4 Å². The third kappa shape index (κ3) is 5.48. The van der Waals surface area contributed by atoms with Gasteiger partial charge in [0.25, 0.3) is 0 Å². The highest BCUT2D eigenvalue weighted by atomic mass is 35.5. The van der Waals surface area contributed by atoms with Crippen LogP contribution in [-0.4, -0.2) is 34.8 Å². The van der Waals surface area contributed by atoms with E-state index in [4.69, 9.17) is 16.7 Å². The highest BCUT2D eigenvalue weighted by Crippen LogP contribution is 2.32. The number of carbonyl (C=O) groups excluding carboxylic acids is 1. The lowest BCUT2D eigenvalue weighted by atomic mass is 10.2. The van der Waals surface area contributed by atoms with Crippen LogP contribution in [-0.2, 0) is 14.8 Å². The van der Waals surface area contributed by atoms with Crippen molar-refractivity contribution in [3.8, 4) is 17.1 Å². The fourth-order valence-corrected chi connectivity index (χ4v) is 4.65. The van der Waals surface area contributed by atoms with E-state index >= 15 is 0 Å². The number of anilines is 1. The summed E-state index contributed by atoms with van der Waals surface area (Å²) in [6, 6.07) is 20.9. The lowest BCUT2D eigenvalue weighted by Crippen LogP contribution is -2.15. The molecule has 0 bridgehead atoms. The number of nitrogens with two attached hydrogens (primary N) is 1. The molecule has 0 spiro atoms. The first-order valence-electron chi connectivity index (χ1n) is 10.1. The maximum Gasteiger partial charge on any atom is 0.238 e. The van der Waals surface area contributed by atoms with Crippen LogP contribution in [0.5, 0.6) is 0 Å². The van der Waals surface area contributed by atoms with E-state index in [1.54, 1.807) is 6.07 Å². The molecule has 0 fully saturated rings. The van der Waals surface area contributed by atoms with Gasteiger partial charge in [-0.05, 0) is 55.5 Å². The Labute approximate surface area is 206 Å². The monoisotopic (exact) mass is 513 g/mol. The minimum atomic E-state index is -3.80. The maximum atomic E-state index is 12.5. The summed E-state index contributed by atoms with van der Waals surface area (Å²) in [4.78, 5) is 12.5. The summed E-state index contributed by atoms with van der Waals surface area (Å²) in [5.74, 6) is 0.339. The van der Waals surface area contributed by atoms with Gasteiger partial charge in [-0.15, -0.1) is 10.2 Å². The van der Waals surface area contributed by atoms with Gasteiger partial charge in [-0.3, -0.25) is 9.36 Å². The summed E-state index contributed by atoms with van der Waals surface area (Å²) >= 11 is 7.63. The molecule has 174 valence electrons. The van der Waals surface area contributed by atoms with Gasteiger partial charge in [-0.25, -0.2) is 13.6 Å². The maximum absolute atomic E-state index is 12.5.